The number of hydrogen-bond donors (Lipinski definition) is 1. The Morgan fingerprint density at radius 3 is 2.33 bits per heavy atom. The highest BCUT2D eigenvalue weighted by Gasteiger charge is 2.34. The van der Waals surface area contributed by atoms with Gasteiger partial charge in [-0.05, 0) is 13.5 Å². The molecule has 21 heavy (non-hydrogen) atoms. The molecule has 0 atom stereocenters. The first kappa shape index (κ1) is 15.8. The first-order valence-electron chi connectivity index (χ1n) is 7.11. The lowest BCUT2D eigenvalue weighted by Gasteiger charge is -2.35. The van der Waals surface area contributed by atoms with E-state index >= 15 is 0 Å². The maximum atomic E-state index is 12.9. The van der Waals surface area contributed by atoms with E-state index in [1.165, 1.54) is 0 Å². The van der Waals surface area contributed by atoms with Crippen LogP contribution < -0.4 is 10.2 Å². The molecule has 2 rings (SSSR count). The van der Waals surface area contributed by atoms with Crippen molar-refractivity contribution in [2.24, 2.45) is 0 Å². The van der Waals surface area contributed by atoms with Gasteiger partial charge < -0.3 is 15.1 Å². The minimum atomic E-state index is -4.47. The Labute approximate surface area is 122 Å². The Morgan fingerprint density at radius 1 is 1.14 bits per heavy atom. The van der Waals surface area contributed by atoms with Crippen LogP contribution >= 0.6 is 0 Å². The molecule has 1 aliphatic heterocycles. The van der Waals surface area contributed by atoms with Crippen molar-refractivity contribution in [1.29, 1.82) is 0 Å². The normalized spacial score (nSPS) is 17.1. The quantitative estimate of drug-likeness (QED) is 0.922. The third kappa shape index (κ3) is 3.96. The SMILES string of the molecule is CCNc1nc(N2CCN(CC)CC2)cc(C(F)(F)F)n1. The molecule has 0 aliphatic carbocycles. The fourth-order valence-corrected chi connectivity index (χ4v) is 2.27. The van der Waals surface area contributed by atoms with Crippen LogP contribution in [-0.2, 0) is 6.18 Å². The van der Waals surface area contributed by atoms with Crippen LogP contribution in [0.3, 0.4) is 0 Å². The first-order valence-corrected chi connectivity index (χ1v) is 7.11. The van der Waals surface area contributed by atoms with Crippen LogP contribution in [0.25, 0.3) is 0 Å². The maximum absolute atomic E-state index is 12.9. The van der Waals surface area contributed by atoms with E-state index in [0.29, 0.717) is 25.5 Å². The van der Waals surface area contributed by atoms with Gasteiger partial charge in [0.05, 0.1) is 0 Å². The van der Waals surface area contributed by atoms with Gasteiger partial charge in [0.25, 0.3) is 0 Å². The van der Waals surface area contributed by atoms with Crippen molar-refractivity contribution < 1.29 is 13.2 Å². The second-order valence-electron chi connectivity index (χ2n) is 4.88. The first-order chi connectivity index (χ1) is 9.94. The molecule has 0 spiro atoms. The zero-order valence-electron chi connectivity index (χ0n) is 12.2. The highest BCUT2D eigenvalue weighted by molar-refractivity contribution is 5.46. The van der Waals surface area contributed by atoms with Crippen molar-refractivity contribution in [2.75, 3.05) is 49.5 Å². The summed E-state index contributed by atoms with van der Waals surface area (Å²) in [5.74, 6) is 0.365. The van der Waals surface area contributed by atoms with Crippen LogP contribution in [0.2, 0.25) is 0 Å². The van der Waals surface area contributed by atoms with Crippen LogP contribution in [-0.4, -0.2) is 54.1 Å². The standard InChI is InChI=1S/C13H20F3N5/c1-3-17-12-18-10(13(14,15)16)9-11(19-12)21-7-5-20(4-2)6-8-21/h9H,3-8H2,1-2H3,(H,17,18,19). The minimum Gasteiger partial charge on any atom is -0.354 e. The average Bonchev–Trinajstić information content (AvgIpc) is 2.46. The van der Waals surface area contributed by atoms with E-state index in [4.69, 9.17) is 0 Å². The van der Waals surface area contributed by atoms with E-state index in [1.807, 2.05) is 4.90 Å². The average molecular weight is 303 g/mol. The van der Waals surface area contributed by atoms with E-state index in [0.717, 1.165) is 25.7 Å². The number of alkyl halides is 3. The lowest BCUT2D eigenvalue weighted by Crippen LogP contribution is -2.46. The Morgan fingerprint density at radius 2 is 1.81 bits per heavy atom. The zero-order valence-corrected chi connectivity index (χ0v) is 12.2. The molecule has 0 unspecified atom stereocenters. The minimum absolute atomic E-state index is 0.0280. The van der Waals surface area contributed by atoms with Crippen molar-refractivity contribution in [3.63, 3.8) is 0 Å². The molecule has 2 heterocycles. The molecule has 0 saturated carbocycles. The van der Waals surface area contributed by atoms with Crippen LogP contribution in [0.4, 0.5) is 24.9 Å². The van der Waals surface area contributed by atoms with Gasteiger partial charge in [0.15, 0.2) is 5.69 Å². The Bertz CT molecular complexity index is 469. The maximum Gasteiger partial charge on any atom is 0.433 e. The molecule has 1 N–H and O–H groups in total. The molecule has 0 radical (unpaired) electrons. The lowest BCUT2D eigenvalue weighted by atomic mass is 10.3. The van der Waals surface area contributed by atoms with E-state index < -0.39 is 11.9 Å². The smallest absolute Gasteiger partial charge is 0.354 e. The van der Waals surface area contributed by atoms with Gasteiger partial charge in [-0.3, -0.25) is 0 Å². The van der Waals surface area contributed by atoms with E-state index in [1.54, 1.807) is 6.92 Å². The summed E-state index contributed by atoms with van der Waals surface area (Å²) in [5, 5.41) is 2.76. The molecule has 8 heteroatoms. The van der Waals surface area contributed by atoms with Crippen LogP contribution in [0.15, 0.2) is 6.07 Å². The summed E-state index contributed by atoms with van der Waals surface area (Å²) in [6, 6.07) is 1.03. The van der Waals surface area contributed by atoms with Gasteiger partial charge in [0.1, 0.15) is 5.82 Å². The molecular weight excluding hydrogens is 283 g/mol. The number of nitrogens with one attached hydrogen (secondary N) is 1. The van der Waals surface area contributed by atoms with Gasteiger partial charge in [-0.1, -0.05) is 6.92 Å². The Hall–Kier alpha value is -1.57. The number of aromatic nitrogens is 2. The number of piperazine rings is 1. The molecular formula is C13H20F3N5. The van der Waals surface area contributed by atoms with Crippen molar-refractivity contribution in [3.8, 4) is 0 Å². The van der Waals surface area contributed by atoms with Crippen LogP contribution in [0, 0.1) is 0 Å². The summed E-state index contributed by atoms with van der Waals surface area (Å²) in [5.41, 5.74) is -0.902. The van der Waals surface area contributed by atoms with Gasteiger partial charge >= 0.3 is 6.18 Å². The van der Waals surface area contributed by atoms with Crippen LogP contribution in [0.5, 0.6) is 0 Å². The second-order valence-corrected chi connectivity index (χ2v) is 4.88. The molecule has 1 aliphatic rings. The van der Waals surface area contributed by atoms with Gasteiger partial charge in [-0.25, -0.2) is 4.98 Å². The number of nitrogens with zero attached hydrogens (tertiary/aromatic N) is 4. The molecule has 1 saturated heterocycles. The Kier molecular flexibility index (Phi) is 4.87. The summed E-state index contributed by atoms with van der Waals surface area (Å²) in [7, 11) is 0. The van der Waals surface area contributed by atoms with Crippen LogP contribution in [0.1, 0.15) is 19.5 Å². The van der Waals surface area contributed by atoms with Gasteiger partial charge in [-0.2, -0.15) is 18.2 Å². The van der Waals surface area contributed by atoms with Crippen molar-refractivity contribution >= 4 is 11.8 Å². The van der Waals surface area contributed by atoms with Crippen molar-refractivity contribution in [1.82, 2.24) is 14.9 Å². The monoisotopic (exact) mass is 303 g/mol. The number of rotatable bonds is 4. The summed E-state index contributed by atoms with van der Waals surface area (Å²) >= 11 is 0. The van der Waals surface area contributed by atoms with E-state index in [9.17, 15) is 13.2 Å². The van der Waals surface area contributed by atoms with Crippen molar-refractivity contribution in [2.45, 2.75) is 20.0 Å². The fourth-order valence-electron chi connectivity index (χ4n) is 2.27. The fraction of sp³-hybridized carbons (Fsp3) is 0.692. The summed E-state index contributed by atoms with van der Waals surface area (Å²) < 4.78 is 38.8. The molecule has 0 bridgehead atoms. The number of likely N-dealkylation sites (N-methyl/N-ethyl adjacent to an activating group) is 1. The molecule has 0 amide bonds. The van der Waals surface area contributed by atoms with Gasteiger partial charge in [0, 0.05) is 38.8 Å². The molecule has 1 aromatic heterocycles. The highest BCUT2D eigenvalue weighted by Crippen LogP contribution is 2.30. The Balaban J connectivity index is 2.24. The highest BCUT2D eigenvalue weighted by atomic mass is 19.4. The zero-order chi connectivity index (χ0) is 15.5. The molecule has 0 aromatic carbocycles. The third-order valence-corrected chi connectivity index (χ3v) is 3.48. The van der Waals surface area contributed by atoms with E-state index in [-0.39, 0.29) is 5.95 Å². The predicted octanol–water partition coefficient (Wildman–Crippen LogP) is 2.07. The van der Waals surface area contributed by atoms with Gasteiger partial charge in [0.2, 0.25) is 5.95 Å². The predicted molar refractivity (Wildman–Crippen MR) is 75.5 cm³/mol. The largest absolute Gasteiger partial charge is 0.433 e. The third-order valence-electron chi connectivity index (χ3n) is 3.48. The van der Waals surface area contributed by atoms with E-state index in [2.05, 4.69) is 27.1 Å². The number of anilines is 2. The number of hydrogen-bond acceptors (Lipinski definition) is 5. The lowest BCUT2D eigenvalue weighted by molar-refractivity contribution is -0.141. The topological polar surface area (TPSA) is 44.3 Å². The summed E-state index contributed by atoms with van der Waals surface area (Å²) in [6.45, 7) is 8.31. The van der Waals surface area contributed by atoms with Gasteiger partial charge in [-0.15, -0.1) is 0 Å². The molecule has 1 aromatic rings. The molecule has 1 fully saturated rings. The summed E-state index contributed by atoms with van der Waals surface area (Å²) in [4.78, 5) is 11.9. The van der Waals surface area contributed by atoms with Crippen molar-refractivity contribution in [3.05, 3.63) is 11.8 Å². The molecule has 118 valence electrons. The number of halogens is 3. The second kappa shape index (κ2) is 6.46. The molecule has 5 nitrogen and oxygen atoms in total. The summed E-state index contributed by atoms with van der Waals surface area (Å²) in [6.07, 6.45) is -4.47.